The summed E-state index contributed by atoms with van der Waals surface area (Å²) in [5, 5.41) is 6.10. The fraction of sp³-hybridized carbons (Fsp3) is 0.229. The van der Waals surface area contributed by atoms with Crippen molar-refractivity contribution in [3.63, 3.8) is 0 Å². The maximum atomic E-state index is 13.9. The van der Waals surface area contributed by atoms with E-state index in [4.69, 9.17) is 47.5 Å². The van der Waals surface area contributed by atoms with Crippen molar-refractivity contribution in [2.24, 2.45) is 5.10 Å². The largest absolute Gasteiger partial charge is 0.496 e. The molecular weight excluding hydrogens is 677 g/mol. The predicted octanol–water partition coefficient (Wildman–Crippen LogP) is 9.43. The molecule has 232 valence electrons. The van der Waals surface area contributed by atoms with Crippen molar-refractivity contribution in [3.05, 3.63) is 114 Å². The Labute approximate surface area is 280 Å². The molecule has 0 spiro atoms. The van der Waals surface area contributed by atoms with Crippen LogP contribution < -0.4 is 19.8 Å². The Morgan fingerprint density at radius 1 is 0.978 bits per heavy atom. The van der Waals surface area contributed by atoms with Crippen LogP contribution in [0.15, 0.2) is 81.1 Å². The van der Waals surface area contributed by atoms with Gasteiger partial charge in [0.05, 0.1) is 40.9 Å². The molecule has 0 amide bonds. The molecule has 0 radical (unpaired) electrons. The van der Waals surface area contributed by atoms with Crippen LogP contribution >= 0.6 is 39.1 Å². The summed E-state index contributed by atoms with van der Waals surface area (Å²) < 4.78 is 19.7. The number of nitrogens with zero attached hydrogens (tertiary/aromatic N) is 3. The number of hydrogen-bond acceptors (Lipinski definition) is 6. The molecule has 4 aromatic carbocycles. The molecule has 0 saturated heterocycles. The molecule has 1 aromatic heterocycles. The fourth-order valence-corrected chi connectivity index (χ4v) is 5.66. The van der Waals surface area contributed by atoms with Gasteiger partial charge < -0.3 is 14.2 Å². The standard InChI is InChI=1S/C35H32BrCl2N3O4/c1-6-44-32-15-23(27(36)17-33(32)45-19-22-11-12-28(37)29(38)14-22)18-39-41-34(40-30-10-8-7-9-24(30)35(41)42)26-16-25(20(2)3)31(43-5)13-21(26)4/h7-18,20H,6,19H2,1-5H3. The molecule has 0 saturated carbocycles. The van der Waals surface area contributed by atoms with Gasteiger partial charge in [0, 0.05) is 15.6 Å². The Hall–Kier alpha value is -3.85. The molecule has 0 N–H and O–H groups in total. The van der Waals surface area contributed by atoms with Crippen LogP contribution in [0.25, 0.3) is 22.3 Å². The second-order valence-corrected chi connectivity index (χ2v) is 12.3. The van der Waals surface area contributed by atoms with Crippen molar-refractivity contribution in [2.75, 3.05) is 13.7 Å². The van der Waals surface area contributed by atoms with E-state index in [-0.39, 0.29) is 18.1 Å². The lowest BCUT2D eigenvalue weighted by molar-refractivity contribution is 0.269. The third-order valence-electron chi connectivity index (χ3n) is 7.25. The second-order valence-electron chi connectivity index (χ2n) is 10.7. The number of benzene rings is 4. The Balaban J connectivity index is 1.59. The van der Waals surface area contributed by atoms with Gasteiger partial charge in [0.25, 0.3) is 5.56 Å². The minimum absolute atomic E-state index is 0.189. The van der Waals surface area contributed by atoms with Crippen molar-refractivity contribution in [3.8, 4) is 28.6 Å². The van der Waals surface area contributed by atoms with Crippen molar-refractivity contribution in [2.45, 2.75) is 40.2 Å². The zero-order valence-electron chi connectivity index (χ0n) is 25.5. The van der Waals surface area contributed by atoms with E-state index in [0.29, 0.717) is 54.9 Å². The first kappa shape index (κ1) is 32.5. The highest BCUT2D eigenvalue weighted by Crippen LogP contribution is 2.36. The molecule has 0 aliphatic heterocycles. The lowest BCUT2D eigenvalue weighted by Crippen LogP contribution is -2.21. The van der Waals surface area contributed by atoms with E-state index in [2.05, 4.69) is 29.8 Å². The molecular formula is C35H32BrCl2N3O4. The minimum Gasteiger partial charge on any atom is -0.496 e. The van der Waals surface area contributed by atoms with Crippen molar-refractivity contribution < 1.29 is 14.2 Å². The average Bonchev–Trinajstić information content (AvgIpc) is 3.02. The van der Waals surface area contributed by atoms with Crippen molar-refractivity contribution in [1.82, 2.24) is 9.66 Å². The highest BCUT2D eigenvalue weighted by molar-refractivity contribution is 9.10. The topological polar surface area (TPSA) is 74.9 Å². The van der Waals surface area contributed by atoms with Crippen molar-refractivity contribution >= 4 is 56.2 Å². The molecule has 5 aromatic rings. The number of para-hydroxylation sites is 1. The zero-order valence-corrected chi connectivity index (χ0v) is 28.6. The van der Waals surface area contributed by atoms with Crippen LogP contribution in [0.4, 0.5) is 0 Å². The number of aryl methyl sites for hydroxylation is 1. The van der Waals surface area contributed by atoms with Gasteiger partial charge in [-0.1, -0.05) is 55.2 Å². The Bertz CT molecular complexity index is 1970. The molecule has 10 heteroatoms. The van der Waals surface area contributed by atoms with Crippen molar-refractivity contribution in [1.29, 1.82) is 0 Å². The second kappa shape index (κ2) is 14.1. The number of aromatic nitrogens is 2. The van der Waals surface area contributed by atoms with E-state index in [1.54, 1.807) is 31.5 Å². The lowest BCUT2D eigenvalue weighted by Gasteiger charge is -2.17. The third kappa shape index (κ3) is 7.03. The smallest absolute Gasteiger partial charge is 0.282 e. The molecule has 7 nitrogen and oxygen atoms in total. The van der Waals surface area contributed by atoms with Gasteiger partial charge in [-0.2, -0.15) is 9.78 Å². The van der Waals surface area contributed by atoms with Gasteiger partial charge in [0.15, 0.2) is 17.3 Å². The van der Waals surface area contributed by atoms with Gasteiger partial charge >= 0.3 is 0 Å². The van der Waals surface area contributed by atoms with Crippen LogP contribution in [0.5, 0.6) is 17.2 Å². The molecule has 5 rings (SSSR count). The molecule has 0 aliphatic rings. The van der Waals surface area contributed by atoms with Crippen LogP contribution in [0.3, 0.4) is 0 Å². The number of fused-ring (bicyclic) bond motifs is 1. The van der Waals surface area contributed by atoms with Crippen LogP contribution in [0.1, 0.15) is 48.9 Å². The van der Waals surface area contributed by atoms with Crippen LogP contribution in [0.2, 0.25) is 10.0 Å². The van der Waals surface area contributed by atoms with Gasteiger partial charge in [0.2, 0.25) is 0 Å². The quantitative estimate of drug-likeness (QED) is 0.135. The summed E-state index contributed by atoms with van der Waals surface area (Å²) in [6, 6.07) is 20.3. The van der Waals surface area contributed by atoms with Gasteiger partial charge in [0.1, 0.15) is 12.4 Å². The normalized spacial score (nSPS) is 11.5. The summed E-state index contributed by atoms with van der Waals surface area (Å²) in [6.07, 6.45) is 1.61. The number of halogens is 3. The van der Waals surface area contributed by atoms with Gasteiger partial charge in [-0.15, -0.1) is 0 Å². The zero-order chi connectivity index (χ0) is 32.2. The fourth-order valence-electron chi connectivity index (χ4n) is 4.91. The summed E-state index contributed by atoms with van der Waals surface area (Å²) in [5.41, 5.74) is 4.56. The van der Waals surface area contributed by atoms with E-state index in [1.807, 2.05) is 62.4 Å². The first-order valence-corrected chi connectivity index (χ1v) is 15.9. The number of methoxy groups -OCH3 is 1. The van der Waals surface area contributed by atoms with E-state index >= 15 is 0 Å². The van der Waals surface area contributed by atoms with Gasteiger partial charge in [-0.3, -0.25) is 4.79 Å². The van der Waals surface area contributed by atoms with Crippen LogP contribution in [-0.2, 0) is 6.61 Å². The van der Waals surface area contributed by atoms with E-state index < -0.39 is 0 Å². The maximum absolute atomic E-state index is 13.9. The third-order valence-corrected chi connectivity index (χ3v) is 8.67. The van der Waals surface area contributed by atoms with Crippen LogP contribution in [0, 0.1) is 6.92 Å². The maximum Gasteiger partial charge on any atom is 0.282 e. The van der Waals surface area contributed by atoms with E-state index in [0.717, 1.165) is 28.0 Å². The predicted molar refractivity (Wildman–Crippen MR) is 186 cm³/mol. The lowest BCUT2D eigenvalue weighted by atomic mass is 9.96. The number of ether oxygens (including phenoxy) is 3. The summed E-state index contributed by atoms with van der Waals surface area (Å²) in [6.45, 7) is 8.75. The Kier molecular flexibility index (Phi) is 10.2. The van der Waals surface area contributed by atoms with Gasteiger partial charge in [-0.05, 0) is 101 Å². The minimum atomic E-state index is -0.282. The highest BCUT2D eigenvalue weighted by Gasteiger charge is 2.19. The molecule has 1 heterocycles. The highest BCUT2D eigenvalue weighted by atomic mass is 79.9. The summed E-state index contributed by atoms with van der Waals surface area (Å²) in [4.78, 5) is 18.8. The molecule has 0 atom stereocenters. The molecule has 0 unspecified atom stereocenters. The number of hydrogen-bond donors (Lipinski definition) is 0. The summed E-state index contributed by atoms with van der Waals surface area (Å²) in [7, 11) is 1.66. The SMILES string of the molecule is CCOc1cc(C=Nn2c(-c3cc(C(C)C)c(OC)cc3C)nc3ccccc3c2=O)c(Br)cc1OCc1ccc(Cl)c(Cl)c1. The molecule has 0 bridgehead atoms. The first-order chi connectivity index (χ1) is 21.6. The molecule has 0 aliphatic carbocycles. The summed E-state index contributed by atoms with van der Waals surface area (Å²) in [5.74, 6) is 2.47. The Morgan fingerprint density at radius 3 is 2.44 bits per heavy atom. The van der Waals surface area contributed by atoms with E-state index in [9.17, 15) is 4.79 Å². The number of rotatable bonds is 10. The van der Waals surface area contributed by atoms with Gasteiger partial charge in [-0.25, -0.2) is 4.98 Å². The average molecular weight is 709 g/mol. The first-order valence-electron chi connectivity index (χ1n) is 14.4. The van der Waals surface area contributed by atoms with Crippen LogP contribution in [-0.4, -0.2) is 29.6 Å². The Morgan fingerprint density at radius 2 is 1.73 bits per heavy atom. The summed E-state index contributed by atoms with van der Waals surface area (Å²) >= 11 is 15.9. The van der Waals surface area contributed by atoms with E-state index in [1.165, 1.54) is 4.68 Å². The molecule has 45 heavy (non-hydrogen) atoms. The molecule has 0 fully saturated rings. The monoisotopic (exact) mass is 707 g/mol.